The Kier molecular flexibility index (Phi) is 6.75. The summed E-state index contributed by atoms with van der Waals surface area (Å²) in [5, 5.41) is 6.13. The van der Waals surface area contributed by atoms with Crippen molar-refractivity contribution in [2.24, 2.45) is 0 Å². The van der Waals surface area contributed by atoms with E-state index in [2.05, 4.69) is 78.3 Å². The second-order valence-electron chi connectivity index (χ2n) is 6.31. The summed E-state index contributed by atoms with van der Waals surface area (Å²) in [5.41, 5.74) is 3.99. The predicted molar refractivity (Wildman–Crippen MR) is 107 cm³/mol. The van der Waals surface area contributed by atoms with Crippen molar-refractivity contribution in [2.45, 2.75) is 49.9 Å². The van der Waals surface area contributed by atoms with E-state index in [1.807, 2.05) is 11.8 Å². The first kappa shape index (κ1) is 17.8. The molecule has 0 fully saturated rings. The third-order valence-corrected chi connectivity index (χ3v) is 5.31. The third kappa shape index (κ3) is 5.50. The van der Waals surface area contributed by atoms with Crippen molar-refractivity contribution in [3.8, 4) is 0 Å². The van der Waals surface area contributed by atoms with Crippen LogP contribution in [0.1, 0.15) is 36.6 Å². The highest BCUT2D eigenvalue weighted by molar-refractivity contribution is 7.98. The van der Waals surface area contributed by atoms with E-state index in [1.165, 1.54) is 21.8 Å². The summed E-state index contributed by atoms with van der Waals surface area (Å²) >= 11 is 1.89. The van der Waals surface area contributed by atoms with Crippen LogP contribution in [0.5, 0.6) is 0 Å². The molecule has 130 valence electrons. The van der Waals surface area contributed by atoms with Gasteiger partial charge >= 0.3 is 0 Å². The molecule has 0 aliphatic heterocycles. The monoisotopic (exact) mass is 350 g/mol. The zero-order chi connectivity index (χ0) is 17.3. The summed E-state index contributed by atoms with van der Waals surface area (Å²) in [7, 11) is 0. The fourth-order valence-corrected chi connectivity index (χ4v) is 3.92. The van der Waals surface area contributed by atoms with Crippen LogP contribution < -0.4 is 0 Å². The van der Waals surface area contributed by atoms with Crippen molar-refractivity contribution >= 4 is 11.8 Å². The Hall–Kier alpha value is -2.00. The molecule has 3 rings (SSSR count). The molecule has 0 amide bonds. The van der Waals surface area contributed by atoms with Crippen LogP contribution in [-0.4, -0.2) is 9.78 Å². The minimum atomic E-state index is 0.982. The molecule has 0 unspecified atom stereocenters. The van der Waals surface area contributed by atoms with Gasteiger partial charge in [0.05, 0.1) is 10.7 Å². The Morgan fingerprint density at radius 3 is 2.24 bits per heavy atom. The van der Waals surface area contributed by atoms with E-state index in [4.69, 9.17) is 5.10 Å². The summed E-state index contributed by atoms with van der Waals surface area (Å²) in [5.74, 6) is 0.997. The number of aryl methyl sites for hydroxylation is 3. The lowest BCUT2D eigenvalue weighted by Crippen LogP contribution is -2.04. The summed E-state index contributed by atoms with van der Waals surface area (Å²) in [4.78, 5) is 0. The molecule has 3 aromatic rings. The van der Waals surface area contributed by atoms with Gasteiger partial charge in [0.15, 0.2) is 0 Å². The van der Waals surface area contributed by atoms with Gasteiger partial charge in [-0.15, -0.1) is 11.8 Å². The number of hydrogen-bond acceptors (Lipinski definition) is 2. The molecule has 2 nitrogen and oxygen atoms in total. The van der Waals surface area contributed by atoms with Crippen LogP contribution in [0.2, 0.25) is 0 Å². The Morgan fingerprint density at radius 2 is 1.56 bits per heavy atom. The molecule has 0 N–H and O–H groups in total. The van der Waals surface area contributed by atoms with Gasteiger partial charge in [-0.25, -0.2) is 0 Å². The highest BCUT2D eigenvalue weighted by Crippen LogP contribution is 2.24. The van der Waals surface area contributed by atoms with Crippen LogP contribution in [0.3, 0.4) is 0 Å². The van der Waals surface area contributed by atoms with Crippen molar-refractivity contribution in [3.05, 3.63) is 83.6 Å². The van der Waals surface area contributed by atoms with E-state index in [9.17, 15) is 0 Å². The fraction of sp³-hybridized carbons (Fsp3) is 0.318. The first-order valence-electron chi connectivity index (χ1n) is 9.12. The minimum Gasteiger partial charge on any atom is -0.259 e. The largest absolute Gasteiger partial charge is 0.259 e. The summed E-state index contributed by atoms with van der Waals surface area (Å²) in [6.07, 6.45) is 4.43. The topological polar surface area (TPSA) is 17.8 Å². The predicted octanol–water partition coefficient (Wildman–Crippen LogP) is 5.76. The van der Waals surface area contributed by atoms with E-state index in [-0.39, 0.29) is 0 Å². The number of thioether (sulfide) groups is 1. The van der Waals surface area contributed by atoms with Crippen molar-refractivity contribution < 1.29 is 0 Å². The molecule has 0 saturated carbocycles. The van der Waals surface area contributed by atoms with Crippen LogP contribution >= 0.6 is 11.8 Å². The smallest absolute Gasteiger partial charge is 0.0945 e. The van der Waals surface area contributed by atoms with Crippen molar-refractivity contribution in [3.63, 3.8) is 0 Å². The van der Waals surface area contributed by atoms with Gasteiger partial charge in [0.25, 0.3) is 0 Å². The average Bonchev–Trinajstić information content (AvgIpc) is 3.04. The number of nitrogens with zero attached hydrogens (tertiary/aromatic N) is 2. The molecule has 25 heavy (non-hydrogen) atoms. The van der Waals surface area contributed by atoms with E-state index in [0.29, 0.717) is 0 Å². The number of benzene rings is 2. The molecule has 0 spiro atoms. The van der Waals surface area contributed by atoms with Gasteiger partial charge in [0, 0.05) is 12.3 Å². The molecule has 0 radical (unpaired) electrons. The second kappa shape index (κ2) is 9.47. The van der Waals surface area contributed by atoms with Crippen LogP contribution in [-0.2, 0) is 25.1 Å². The maximum Gasteiger partial charge on any atom is 0.0945 e. The van der Waals surface area contributed by atoms with E-state index >= 15 is 0 Å². The highest BCUT2D eigenvalue weighted by atomic mass is 32.2. The van der Waals surface area contributed by atoms with Gasteiger partial charge in [-0.3, -0.25) is 4.68 Å². The standard InChI is InChI=1S/C22H26N2S/c1-2-10-21-17-22(25-18-20-13-7-4-8-14-20)24(23-21)16-9-15-19-11-5-3-6-12-19/h3-8,11-14,17H,2,9-10,15-16,18H2,1H3. The minimum absolute atomic E-state index is 0.982. The zero-order valence-corrected chi connectivity index (χ0v) is 15.7. The molecule has 0 bridgehead atoms. The SMILES string of the molecule is CCCc1cc(SCc2ccccc2)n(CCCc2ccccc2)n1. The van der Waals surface area contributed by atoms with Crippen molar-refractivity contribution in [1.29, 1.82) is 0 Å². The molecule has 0 aliphatic rings. The quantitative estimate of drug-likeness (QED) is 0.457. The van der Waals surface area contributed by atoms with Crippen molar-refractivity contribution in [1.82, 2.24) is 9.78 Å². The van der Waals surface area contributed by atoms with E-state index in [0.717, 1.165) is 38.0 Å². The van der Waals surface area contributed by atoms with Crippen LogP contribution in [0, 0.1) is 0 Å². The Labute approximate surface area is 155 Å². The fourth-order valence-electron chi connectivity index (χ4n) is 2.91. The summed E-state index contributed by atoms with van der Waals surface area (Å²) < 4.78 is 2.21. The van der Waals surface area contributed by atoms with Crippen LogP contribution in [0.15, 0.2) is 71.8 Å². The van der Waals surface area contributed by atoms with Crippen molar-refractivity contribution in [2.75, 3.05) is 0 Å². The first-order valence-corrected chi connectivity index (χ1v) is 10.1. The molecule has 3 heteroatoms. The maximum atomic E-state index is 4.84. The Balaban J connectivity index is 1.62. The maximum absolute atomic E-state index is 4.84. The van der Waals surface area contributed by atoms with Crippen LogP contribution in [0.25, 0.3) is 0 Å². The number of aromatic nitrogens is 2. The van der Waals surface area contributed by atoms with Crippen LogP contribution in [0.4, 0.5) is 0 Å². The average molecular weight is 351 g/mol. The van der Waals surface area contributed by atoms with E-state index < -0.39 is 0 Å². The number of rotatable bonds is 9. The Bertz CT molecular complexity index is 750. The molecule has 0 saturated heterocycles. The lowest BCUT2D eigenvalue weighted by atomic mass is 10.1. The molecular formula is C22H26N2S. The third-order valence-electron chi connectivity index (χ3n) is 4.21. The normalized spacial score (nSPS) is 10.9. The number of hydrogen-bond donors (Lipinski definition) is 0. The zero-order valence-electron chi connectivity index (χ0n) is 14.9. The molecule has 2 aromatic carbocycles. The second-order valence-corrected chi connectivity index (χ2v) is 7.31. The summed E-state index contributed by atoms with van der Waals surface area (Å²) in [6.45, 7) is 3.20. The van der Waals surface area contributed by atoms with Gasteiger partial charge in [-0.2, -0.15) is 5.10 Å². The lowest BCUT2D eigenvalue weighted by molar-refractivity contribution is 0.534. The molecule has 1 heterocycles. The van der Waals surface area contributed by atoms with Gasteiger partial charge in [0.1, 0.15) is 0 Å². The van der Waals surface area contributed by atoms with Gasteiger partial charge in [0.2, 0.25) is 0 Å². The Morgan fingerprint density at radius 1 is 0.880 bits per heavy atom. The van der Waals surface area contributed by atoms with E-state index in [1.54, 1.807) is 0 Å². The molecule has 0 aliphatic carbocycles. The molecule has 0 atom stereocenters. The van der Waals surface area contributed by atoms with Gasteiger partial charge in [-0.05, 0) is 36.5 Å². The lowest BCUT2D eigenvalue weighted by Gasteiger charge is -2.07. The highest BCUT2D eigenvalue weighted by Gasteiger charge is 2.08. The first-order chi connectivity index (χ1) is 12.3. The molecule has 1 aromatic heterocycles. The molecular weight excluding hydrogens is 324 g/mol. The van der Waals surface area contributed by atoms with Gasteiger partial charge in [-0.1, -0.05) is 74.0 Å². The van der Waals surface area contributed by atoms with Gasteiger partial charge < -0.3 is 0 Å². The summed E-state index contributed by atoms with van der Waals surface area (Å²) in [6, 6.07) is 23.7.